The fourth-order valence-electron chi connectivity index (χ4n) is 1.75. The third-order valence-electron chi connectivity index (χ3n) is 3.20. The van der Waals surface area contributed by atoms with Crippen LogP contribution >= 0.6 is 12.4 Å². The topological polar surface area (TPSA) is 46.2 Å². The first-order valence-corrected chi connectivity index (χ1v) is 5.67. The zero-order valence-electron chi connectivity index (χ0n) is 10.5. The predicted molar refractivity (Wildman–Crippen MR) is 70.8 cm³/mol. The van der Waals surface area contributed by atoms with E-state index in [4.69, 9.17) is 5.73 Å². The second kappa shape index (κ2) is 6.94. The molecule has 0 radical (unpaired) electrons. The summed E-state index contributed by atoms with van der Waals surface area (Å²) in [5.41, 5.74) is 7.57. The van der Waals surface area contributed by atoms with E-state index in [1.54, 1.807) is 6.07 Å². The molecule has 1 rings (SSSR count). The van der Waals surface area contributed by atoms with Gasteiger partial charge in [0.15, 0.2) is 0 Å². The zero-order chi connectivity index (χ0) is 12.3. The molecule has 0 aliphatic heterocycles. The summed E-state index contributed by atoms with van der Waals surface area (Å²) in [6.45, 7) is 5.82. The van der Waals surface area contributed by atoms with Crippen LogP contribution < -0.4 is 5.73 Å². The summed E-state index contributed by atoms with van der Waals surface area (Å²) in [5.74, 6) is -0.204. The van der Waals surface area contributed by atoms with Crippen LogP contribution in [0.15, 0.2) is 18.2 Å². The molecule has 0 amide bonds. The molecule has 0 bridgehead atoms. The summed E-state index contributed by atoms with van der Waals surface area (Å²) in [5, 5.41) is 10.0. The van der Waals surface area contributed by atoms with Crippen LogP contribution in [-0.2, 0) is 0 Å². The molecule has 0 saturated heterocycles. The summed E-state index contributed by atoms with van der Waals surface area (Å²) in [4.78, 5) is 0. The highest BCUT2D eigenvalue weighted by Crippen LogP contribution is 2.24. The molecule has 0 aliphatic carbocycles. The third-order valence-corrected chi connectivity index (χ3v) is 3.20. The molecule has 0 spiro atoms. The summed E-state index contributed by atoms with van der Waals surface area (Å²) in [6, 6.07) is 3.98. The van der Waals surface area contributed by atoms with E-state index in [9.17, 15) is 9.50 Å². The molecule has 0 aromatic heterocycles. The molecule has 2 nitrogen and oxygen atoms in total. The van der Waals surface area contributed by atoms with E-state index in [0.717, 1.165) is 12.0 Å². The Labute approximate surface area is 108 Å². The van der Waals surface area contributed by atoms with Crippen molar-refractivity contribution in [3.8, 4) is 0 Å². The summed E-state index contributed by atoms with van der Waals surface area (Å²) in [6.07, 6.45) is 0.217. The van der Waals surface area contributed by atoms with Crippen LogP contribution in [0, 0.1) is 18.7 Å². The second-order valence-electron chi connectivity index (χ2n) is 4.40. The Morgan fingerprint density at radius 1 is 1.41 bits per heavy atom. The fraction of sp³-hybridized carbons (Fsp3) is 0.538. The molecule has 4 heteroatoms. The van der Waals surface area contributed by atoms with Gasteiger partial charge in [0, 0.05) is 0 Å². The van der Waals surface area contributed by atoms with E-state index in [2.05, 4.69) is 0 Å². The number of benzene rings is 1. The van der Waals surface area contributed by atoms with Crippen molar-refractivity contribution in [1.82, 2.24) is 0 Å². The van der Waals surface area contributed by atoms with Gasteiger partial charge in [0.2, 0.25) is 0 Å². The Hall–Kier alpha value is -0.640. The highest BCUT2D eigenvalue weighted by atomic mass is 35.5. The molecule has 1 unspecified atom stereocenters. The Kier molecular flexibility index (Phi) is 6.68. The lowest BCUT2D eigenvalue weighted by molar-refractivity contribution is 0.0877. The van der Waals surface area contributed by atoms with Crippen molar-refractivity contribution >= 4 is 12.4 Å². The first-order valence-electron chi connectivity index (χ1n) is 5.67. The molecule has 0 saturated carbocycles. The van der Waals surface area contributed by atoms with Gasteiger partial charge in [-0.2, -0.15) is 0 Å². The lowest BCUT2D eigenvalue weighted by Crippen LogP contribution is -2.32. The summed E-state index contributed by atoms with van der Waals surface area (Å²) < 4.78 is 13.1. The van der Waals surface area contributed by atoms with Crippen LogP contribution in [0.25, 0.3) is 0 Å². The first kappa shape index (κ1) is 16.4. The van der Waals surface area contributed by atoms with Crippen molar-refractivity contribution in [2.45, 2.75) is 39.3 Å². The third kappa shape index (κ3) is 3.95. The maximum absolute atomic E-state index is 13.1. The molecule has 1 aromatic carbocycles. The van der Waals surface area contributed by atoms with Crippen LogP contribution in [0.1, 0.15) is 37.4 Å². The SMILES string of the molecule is CCC(C)[C@H](O)[C@H](N)c1cc(F)ccc1C.Cl. The number of aliphatic hydroxyl groups excluding tert-OH is 1. The Morgan fingerprint density at radius 3 is 2.53 bits per heavy atom. The average molecular weight is 262 g/mol. The molecule has 1 aromatic rings. The van der Waals surface area contributed by atoms with Crippen molar-refractivity contribution in [3.05, 3.63) is 35.1 Å². The predicted octanol–water partition coefficient (Wildman–Crippen LogP) is 2.96. The zero-order valence-corrected chi connectivity index (χ0v) is 11.3. The molecule has 3 atom stereocenters. The van der Waals surface area contributed by atoms with E-state index in [-0.39, 0.29) is 24.1 Å². The number of nitrogens with two attached hydrogens (primary N) is 1. The molecule has 0 heterocycles. The number of aliphatic hydroxyl groups is 1. The van der Waals surface area contributed by atoms with E-state index in [1.165, 1.54) is 12.1 Å². The monoisotopic (exact) mass is 261 g/mol. The lowest BCUT2D eigenvalue weighted by Gasteiger charge is -2.25. The van der Waals surface area contributed by atoms with E-state index in [1.807, 2.05) is 20.8 Å². The number of hydrogen-bond donors (Lipinski definition) is 2. The average Bonchev–Trinajstić information content (AvgIpc) is 2.29. The van der Waals surface area contributed by atoms with Crippen molar-refractivity contribution < 1.29 is 9.50 Å². The smallest absolute Gasteiger partial charge is 0.123 e. The van der Waals surface area contributed by atoms with Crippen molar-refractivity contribution in [3.63, 3.8) is 0 Å². The quantitative estimate of drug-likeness (QED) is 0.875. The van der Waals surface area contributed by atoms with Crippen LogP contribution in [-0.4, -0.2) is 11.2 Å². The Balaban J connectivity index is 0.00000256. The van der Waals surface area contributed by atoms with E-state index < -0.39 is 12.1 Å². The van der Waals surface area contributed by atoms with Gasteiger partial charge in [-0.15, -0.1) is 12.4 Å². The molecular formula is C13H21ClFNO. The van der Waals surface area contributed by atoms with Gasteiger partial charge < -0.3 is 10.8 Å². The Bertz CT molecular complexity index is 359. The minimum atomic E-state index is -0.634. The second-order valence-corrected chi connectivity index (χ2v) is 4.40. The molecule has 98 valence electrons. The number of aryl methyl sites for hydroxylation is 1. The maximum atomic E-state index is 13.1. The molecule has 0 aliphatic rings. The van der Waals surface area contributed by atoms with Crippen LogP contribution in [0.4, 0.5) is 4.39 Å². The molecule has 3 N–H and O–H groups in total. The van der Waals surface area contributed by atoms with E-state index >= 15 is 0 Å². The van der Waals surface area contributed by atoms with Gasteiger partial charge in [-0.25, -0.2) is 4.39 Å². The Morgan fingerprint density at radius 2 is 2.00 bits per heavy atom. The number of halogens is 2. The largest absolute Gasteiger partial charge is 0.391 e. The van der Waals surface area contributed by atoms with Crippen LogP contribution in [0.2, 0.25) is 0 Å². The fourth-order valence-corrected chi connectivity index (χ4v) is 1.75. The minimum absolute atomic E-state index is 0. The lowest BCUT2D eigenvalue weighted by atomic mass is 9.89. The van der Waals surface area contributed by atoms with Gasteiger partial charge in [0.1, 0.15) is 5.82 Å². The highest BCUT2D eigenvalue weighted by Gasteiger charge is 2.23. The van der Waals surface area contributed by atoms with Gasteiger partial charge in [-0.1, -0.05) is 26.3 Å². The van der Waals surface area contributed by atoms with Crippen LogP contribution in [0.5, 0.6) is 0 Å². The molecule has 17 heavy (non-hydrogen) atoms. The number of rotatable bonds is 4. The van der Waals surface area contributed by atoms with Gasteiger partial charge in [0.25, 0.3) is 0 Å². The van der Waals surface area contributed by atoms with Gasteiger partial charge in [0.05, 0.1) is 12.1 Å². The molecule has 0 fully saturated rings. The van der Waals surface area contributed by atoms with E-state index in [0.29, 0.717) is 5.56 Å². The van der Waals surface area contributed by atoms with Gasteiger partial charge in [-0.3, -0.25) is 0 Å². The minimum Gasteiger partial charge on any atom is -0.391 e. The standard InChI is InChI=1S/C13H20FNO.ClH/c1-4-8(2)13(16)12(15)11-7-10(14)6-5-9(11)3;/h5-8,12-13,16H,4,15H2,1-3H3;1H/t8?,12-,13+;/m1./s1. The highest BCUT2D eigenvalue weighted by molar-refractivity contribution is 5.85. The normalized spacial score (nSPS) is 15.9. The first-order chi connectivity index (χ1) is 7.47. The van der Waals surface area contributed by atoms with Crippen LogP contribution in [0.3, 0.4) is 0 Å². The van der Waals surface area contributed by atoms with Gasteiger partial charge in [-0.05, 0) is 36.1 Å². The van der Waals surface area contributed by atoms with Crippen molar-refractivity contribution in [2.24, 2.45) is 11.7 Å². The summed E-state index contributed by atoms with van der Waals surface area (Å²) in [7, 11) is 0. The van der Waals surface area contributed by atoms with Crippen molar-refractivity contribution in [2.75, 3.05) is 0 Å². The summed E-state index contributed by atoms with van der Waals surface area (Å²) >= 11 is 0. The van der Waals surface area contributed by atoms with Crippen molar-refractivity contribution in [1.29, 1.82) is 0 Å². The molecular weight excluding hydrogens is 241 g/mol. The maximum Gasteiger partial charge on any atom is 0.123 e. The van der Waals surface area contributed by atoms with Gasteiger partial charge >= 0.3 is 0 Å². The number of hydrogen-bond acceptors (Lipinski definition) is 2.